The molecule has 2 heteroatoms. The van der Waals surface area contributed by atoms with E-state index in [1.54, 1.807) is 0 Å². The maximum atomic E-state index is 11.4. The molecule has 0 amide bonds. The van der Waals surface area contributed by atoms with E-state index < -0.39 is 0 Å². The third kappa shape index (κ3) is 8.49. The van der Waals surface area contributed by atoms with Crippen molar-refractivity contribution in [1.82, 2.24) is 0 Å². The molecule has 0 saturated carbocycles. The van der Waals surface area contributed by atoms with Gasteiger partial charge >= 0.3 is 5.97 Å². The van der Waals surface area contributed by atoms with E-state index in [2.05, 4.69) is 26.5 Å². The highest BCUT2D eigenvalue weighted by atomic mass is 16.5. The average molecular weight is 236 g/mol. The van der Waals surface area contributed by atoms with Crippen molar-refractivity contribution in [1.29, 1.82) is 0 Å². The minimum absolute atomic E-state index is 0.208. The van der Waals surface area contributed by atoms with Crippen molar-refractivity contribution in [2.24, 2.45) is 5.92 Å². The van der Waals surface area contributed by atoms with Crippen LogP contribution in [0.1, 0.15) is 41.0 Å². The molecule has 0 saturated heterocycles. The van der Waals surface area contributed by atoms with E-state index in [4.69, 9.17) is 4.74 Å². The van der Waals surface area contributed by atoms with E-state index in [-0.39, 0.29) is 11.9 Å². The summed E-state index contributed by atoms with van der Waals surface area (Å²) in [6.07, 6.45) is 4.53. The molecule has 0 aromatic rings. The fourth-order valence-electron chi connectivity index (χ4n) is 1.25. The number of allylic oxidation sites excluding steroid dienone is 3. The Morgan fingerprint density at radius 1 is 1.18 bits per heavy atom. The molecule has 0 aromatic carbocycles. The lowest BCUT2D eigenvalue weighted by atomic mass is 9.98. The van der Waals surface area contributed by atoms with E-state index in [1.807, 2.05) is 20.8 Å². The van der Waals surface area contributed by atoms with E-state index in [9.17, 15) is 4.79 Å². The number of carbonyl (C=O) groups is 1. The molecule has 0 aliphatic carbocycles. The van der Waals surface area contributed by atoms with Crippen LogP contribution in [-0.2, 0) is 9.53 Å². The van der Waals surface area contributed by atoms with Gasteiger partial charge in [0.25, 0.3) is 0 Å². The zero-order valence-electron chi connectivity index (χ0n) is 11.7. The largest absolute Gasteiger partial charge is 0.462 e. The van der Waals surface area contributed by atoms with E-state index >= 15 is 0 Å². The zero-order valence-corrected chi connectivity index (χ0v) is 11.7. The van der Waals surface area contributed by atoms with Gasteiger partial charge in [0.05, 0.1) is 6.61 Å². The summed E-state index contributed by atoms with van der Waals surface area (Å²) in [4.78, 5) is 11.4. The first-order valence-corrected chi connectivity index (χ1v) is 5.93. The Kier molecular flexibility index (Phi) is 7.27. The van der Waals surface area contributed by atoms with Crippen molar-refractivity contribution >= 4 is 5.97 Å². The van der Waals surface area contributed by atoms with E-state index in [0.717, 1.165) is 17.6 Å². The minimum Gasteiger partial charge on any atom is -0.462 e. The molecule has 0 heterocycles. The molecule has 0 rings (SSSR count). The van der Waals surface area contributed by atoms with Crippen molar-refractivity contribution in [3.8, 4) is 0 Å². The normalized spacial score (nSPS) is 11.4. The molecule has 0 fully saturated rings. The maximum absolute atomic E-state index is 11.4. The van der Waals surface area contributed by atoms with E-state index in [1.165, 1.54) is 11.6 Å². The molecule has 0 radical (unpaired) electrons. The Morgan fingerprint density at radius 3 is 2.18 bits per heavy atom. The highest BCUT2D eigenvalue weighted by Gasteiger charge is 2.10. The van der Waals surface area contributed by atoms with Crippen LogP contribution >= 0.6 is 0 Å². The van der Waals surface area contributed by atoms with Crippen molar-refractivity contribution in [3.05, 3.63) is 35.5 Å². The van der Waals surface area contributed by atoms with Gasteiger partial charge in [-0.3, -0.25) is 0 Å². The molecule has 0 aromatic heterocycles. The van der Waals surface area contributed by atoms with Crippen LogP contribution in [0, 0.1) is 5.92 Å². The highest BCUT2D eigenvalue weighted by molar-refractivity contribution is 5.82. The molecule has 96 valence electrons. The summed E-state index contributed by atoms with van der Waals surface area (Å²) in [5.41, 5.74) is 3.27. The second-order valence-electron chi connectivity index (χ2n) is 4.91. The predicted octanol–water partition coefficient (Wildman–Crippen LogP) is 4.04. The molecule has 0 aliphatic rings. The van der Waals surface area contributed by atoms with Gasteiger partial charge < -0.3 is 4.74 Å². The molecule has 1 atom stereocenters. The summed E-state index contributed by atoms with van der Waals surface area (Å²) in [6.45, 7) is 14.2. The number of hydrogen-bond acceptors (Lipinski definition) is 2. The van der Waals surface area contributed by atoms with Gasteiger partial charge in [-0.05, 0) is 41.0 Å². The summed E-state index contributed by atoms with van der Waals surface area (Å²) < 4.78 is 5.20. The van der Waals surface area contributed by atoms with Gasteiger partial charge in [-0.25, -0.2) is 4.79 Å². The summed E-state index contributed by atoms with van der Waals surface area (Å²) in [6, 6.07) is 0. The van der Waals surface area contributed by atoms with Gasteiger partial charge in [0.15, 0.2) is 0 Å². The molecular weight excluding hydrogens is 212 g/mol. The van der Waals surface area contributed by atoms with Crippen LogP contribution in [0.2, 0.25) is 0 Å². The van der Waals surface area contributed by atoms with Crippen LogP contribution in [0.3, 0.4) is 0 Å². The van der Waals surface area contributed by atoms with Crippen LogP contribution in [-0.4, -0.2) is 12.6 Å². The zero-order chi connectivity index (χ0) is 13.4. The van der Waals surface area contributed by atoms with Crippen molar-refractivity contribution in [2.45, 2.75) is 41.0 Å². The van der Waals surface area contributed by atoms with Crippen LogP contribution in [0.15, 0.2) is 35.5 Å². The number of carbonyl (C=O) groups excluding carboxylic acids is 1. The first-order valence-electron chi connectivity index (χ1n) is 5.93. The summed E-state index contributed by atoms with van der Waals surface area (Å²) in [5.74, 6) is -0.0622. The molecule has 0 aliphatic heterocycles. The maximum Gasteiger partial charge on any atom is 0.330 e. The molecule has 0 spiro atoms. The first-order chi connectivity index (χ1) is 7.82. The van der Waals surface area contributed by atoms with Crippen molar-refractivity contribution in [2.75, 3.05) is 6.61 Å². The van der Waals surface area contributed by atoms with Crippen molar-refractivity contribution in [3.63, 3.8) is 0 Å². The number of hydrogen-bond donors (Lipinski definition) is 0. The van der Waals surface area contributed by atoms with Crippen LogP contribution in [0.5, 0.6) is 0 Å². The lowest BCUT2D eigenvalue weighted by Crippen LogP contribution is -2.13. The predicted molar refractivity (Wildman–Crippen MR) is 72.7 cm³/mol. The smallest absolute Gasteiger partial charge is 0.330 e. The second-order valence-corrected chi connectivity index (χ2v) is 4.91. The fourth-order valence-corrected chi connectivity index (χ4v) is 1.25. The summed E-state index contributed by atoms with van der Waals surface area (Å²) in [7, 11) is 0. The number of ether oxygens (including phenoxy) is 1. The second kappa shape index (κ2) is 7.88. The average Bonchev–Trinajstić information content (AvgIpc) is 2.15. The minimum atomic E-state index is -0.270. The number of rotatable bonds is 6. The van der Waals surface area contributed by atoms with Crippen LogP contribution in [0.4, 0.5) is 0 Å². The van der Waals surface area contributed by atoms with Crippen LogP contribution in [0.25, 0.3) is 0 Å². The van der Waals surface area contributed by atoms with Crippen LogP contribution < -0.4 is 0 Å². The molecule has 0 bridgehead atoms. The van der Waals surface area contributed by atoms with Gasteiger partial charge in [-0.1, -0.05) is 29.4 Å². The Labute approximate surface area is 105 Å². The Hall–Kier alpha value is -1.31. The third-order valence-electron chi connectivity index (χ3n) is 2.34. The monoisotopic (exact) mass is 236 g/mol. The van der Waals surface area contributed by atoms with E-state index in [0.29, 0.717) is 6.61 Å². The van der Waals surface area contributed by atoms with Gasteiger partial charge in [-0.15, -0.1) is 0 Å². The quantitative estimate of drug-likeness (QED) is 0.395. The molecule has 0 N–H and O–H groups in total. The van der Waals surface area contributed by atoms with Gasteiger partial charge in [0.1, 0.15) is 0 Å². The van der Waals surface area contributed by atoms with Gasteiger partial charge in [-0.2, -0.15) is 0 Å². The molecule has 1 unspecified atom stereocenters. The number of esters is 1. The summed E-state index contributed by atoms with van der Waals surface area (Å²) in [5, 5.41) is 0. The Morgan fingerprint density at radius 2 is 1.76 bits per heavy atom. The first kappa shape index (κ1) is 15.7. The lowest BCUT2D eigenvalue weighted by Gasteiger charge is -2.15. The Balaban J connectivity index is 4.28. The molecule has 2 nitrogen and oxygen atoms in total. The standard InChI is InChI=1S/C15H24O2/c1-11(2)7-8-14(13(5)6)10-17-15(16)9-12(3)4/h7,9,14H,5,8,10H2,1-4,6H3. The van der Waals surface area contributed by atoms with Crippen molar-refractivity contribution < 1.29 is 9.53 Å². The Bertz CT molecular complexity index is 327. The third-order valence-corrected chi connectivity index (χ3v) is 2.34. The van der Waals surface area contributed by atoms with Gasteiger partial charge in [0, 0.05) is 12.0 Å². The fraction of sp³-hybridized carbons (Fsp3) is 0.533. The highest BCUT2D eigenvalue weighted by Crippen LogP contribution is 2.15. The lowest BCUT2D eigenvalue weighted by molar-refractivity contribution is -0.138. The molecular formula is C15H24O2. The van der Waals surface area contributed by atoms with Gasteiger partial charge in [0.2, 0.25) is 0 Å². The SMILES string of the molecule is C=C(C)C(CC=C(C)C)COC(=O)C=C(C)C. The topological polar surface area (TPSA) is 26.3 Å². The summed E-state index contributed by atoms with van der Waals surface area (Å²) >= 11 is 0. The molecule has 17 heavy (non-hydrogen) atoms.